The second-order valence-electron chi connectivity index (χ2n) is 8.71. The molecule has 4 rings (SSSR count). The van der Waals surface area contributed by atoms with Gasteiger partial charge in [-0.2, -0.15) is 4.31 Å². The molecule has 3 aliphatic rings. The maximum absolute atomic E-state index is 13.3. The molecule has 0 amide bonds. The molecule has 1 aromatic heterocycles. The van der Waals surface area contributed by atoms with E-state index in [9.17, 15) is 8.42 Å². The van der Waals surface area contributed by atoms with Crippen LogP contribution in [0.1, 0.15) is 52.4 Å². The van der Waals surface area contributed by atoms with Crippen molar-refractivity contribution in [2.24, 2.45) is 5.41 Å². The van der Waals surface area contributed by atoms with Gasteiger partial charge in [-0.3, -0.25) is 0 Å². The van der Waals surface area contributed by atoms with Gasteiger partial charge in [-0.1, -0.05) is 12.8 Å². The summed E-state index contributed by atoms with van der Waals surface area (Å²) in [5.41, 5.74) is -0.137. The fourth-order valence-electron chi connectivity index (χ4n) is 4.89. The van der Waals surface area contributed by atoms with Crippen LogP contribution in [-0.4, -0.2) is 60.9 Å². The first-order valence-corrected chi connectivity index (χ1v) is 11.7. The van der Waals surface area contributed by atoms with E-state index in [2.05, 4.69) is 9.88 Å². The first kappa shape index (κ1) is 19.2. The van der Waals surface area contributed by atoms with Gasteiger partial charge in [0, 0.05) is 30.2 Å². The zero-order valence-corrected chi connectivity index (χ0v) is 17.2. The summed E-state index contributed by atoms with van der Waals surface area (Å²) in [5.74, 6) is 0.250. The summed E-state index contributed by atoms with van der Waals surface area (Å²) in [6.45, 7) is 7.05. The number of piperidine rings is 1. The molecule has 7 heteroatoms. The molecule has 6 nitrogen and oxygen atoms in total. The Morgan fingerprint density at radius 3 is 2.59 bits per heavy atom. The summed E-state index contributed by atoms with van der Waals surface area (Å²) in [6, 6.07) is 3.90. The van der Waals surface area contributed by atoms with Gasteiger partial charge in [0.05, 0.1) is 6.61 Å². The van der Waals surface area contributed by atoms with Crippen LogP contribution in [-0.2, 0) is 10.0 Å². The van der Waals surface area contributed by atoms with Gasteiger partial charge in [-0.05, 0) is 64.8 Å². The molecule has 150 valence electrons. The Morgan fingerprint density at radius 2 is 1.93 bits per heavy atom. The van der Waals surface area contributed by atoms with E-state index in [1.165, 1.54) is 25.7 Å². The Kier molecular flexibility index (Phi) is 5.20. The number of ether oxygens (including phenoxy) is 1. The number of likely N-dealkylation sites (tertiary alicyclic amines) is 1. The van der Waals surface area contributed by atoms with Crippen molar-refractivity contribution in [3.05, 3.63) is 18.3 Å². The average Bonchev–Trinajstić information content (AvgIpc) is 3.19. The first-order chi connectivity index (χ1) is 12.9. The second-order valence-corrected chi connectivity index (χ2v) is 10.6. The van der Waals surface area contributed by atoms with E-state index >= 15 is 0 Å². The smallest absolute Gasteiger partial charge is 0.248 e. The lowest BCUT2D eigenvalue weighted by molar-refractivity contribution is 0.0158. The lowest BCUT2D eigenvalue weighted by atomic mass is 9.78. The molecule has 0 aromatic carbocycles. The van der Waals surface area contributed by atoms with Crippen LogP contribution in [0.5, 0.6) is 5.88 Å². The molecule has 1 saturated carbocycles. The van der Waals surface area contributed by atoms with E-state index in [0.29, 0.717) is 13.2 Å². The maximum Gasteiger partial charge on any atom is 0.248 e. The van der Waals surface area contributed by atoms with Crippen LogP contribution in [0.3, 0.4) is 0 Å². The van der Waals surface area contributed by atoms with Crippen LogP contribution in [0.4, 0.5) is 0 Å². The Bertz CT molecular complexity index is 766. The van der Waals surface area contributed by atoms with Crippen LogP contribution in [0, 0.1) is 5.41 Å². The monoisotopic (exact) mass is 393 g/mol. The van der Waals surface area contributed by atoms with Gasteiger partial charge in [0.15, 0.2) is 0 Å². The van der Waals surface area contributed by atoms with Crippen LogP contribution < -0.4 is 4.74 Å². The zero-order valence-electron chi connectivity index (χ0n) is 16.4. The molecule has 1 saturated heterocycles. The molecule has 0 radical (unpaired) electrons. The van der Waals surface area contributed by atoms with Gasteiger partial charge in [-0.15, -0.1) is 0 Å². The molecule has 1 spiro atoms. The van der Waals surface area contributed by atoms with Crippen molar-refractivity contribution >= 4 is 10.0 Å². The molecule has 1 aliphatic carbocycles. The minimum atomic E-state index is -3.61. The topological polar surface area (TPSA) is 62.7 Å². The van der Waals surface area contributed by atoms with E-state index in [0.717, 1.165) is 32.0 Å². The molecule has 0 unspecified atom stereocenters. The summed E-state index contributed by atoms with van der Waals surface area (Å²) in [6.07, 6.45) is 8.87. The highest BCUT2D eigenvalue weighted by Crippen LogP contribution is 2.40. The summed E-state index contributed by atoms with van der Waals surface area (Å²) in [7, 11) is -3.61. The third-order valence-corrected chi connectivity index (χ3v) is 8.64. The van der Waals surface area contributed by atoms with Crippen molar-refractivity contribution in [2.75, 3.05) is 26.2 Å². The van der Waals surface area contributed by atoms with E-state index < -0.39 is 10.0 Å². The largest absolute Gasteiger partial charge is 0.476 e. The van der Waals surface area contributed by atoms with Crippen LogP contribution in [0.15, 0.2) is 23.2 Å². The Hall–Kier alpha value is -1.18. The van der Waals surface area contributed by atoms with Gasteiger partial charge in [0.25, 0.3) is 0 Å². The summed E-state index contributed by atoms with van der Waals surface area (Å²) < 4.78 is 34.3. The van der Waals surface area contributed by atoms with Crippen LogP contribution in [0.2, 0.25) is 0 Å². The van der Waals surface area contributed by atoms with E-state index in [-0.39, 0.29) is 22.2 Å². The number of sulfonamides is 1. The average molecular weight is 394 g/mol. The molecular weight excluding hydrogens is 362 g/mol. The van der Waals surface area contributed by atoms with Gasteiger partial charge in [0.2, 0.25) is 15.9 Å². The van der Waals surface area contributed by atoms with E-state index in [1.807, 2.05) is 13.8 Å². The van der Waals surface area contributed by atoms with Crippen molar-refractivity contribution in [1.29, 1.82) is 0 Å². The first-order valence-electron chi connectivity index (χ1n) is 10.3. The lowest BCUT2D eigenvalue weighted by Gasteiger charge is -2.46. The predicted octanol–water partition coefficient (Wildman–Crippen LogP) is 2.90. The number of hydrogen-bond donors (Lipinski definition) is 0. The fraction of sp³-hybridized carbons (Fsp3) is 0.750. The molecule has 2 aliphatic heterocycles. The third kappa shape index (κ3) is 3.61. The SMILES string of the molecule is CC(C)N1CC2(CCN(C3CCCC3)CC2)COc2ncccc2S1(=O)=O. The molecule has 3 heterocycles. The highest BCUT2D eigenvalue weighted by Gasteiger charge is 2.44. The number of aromatic nitrogens is 1. The van der Waals surface area contributed by atoms with Crippen molar-refractivity contribution in [3.8, 4) is 5.88 Å². The minimum absolute atomic E-state index is 0.0918. The summed E-state index contributed by atoms with van der Waals surface area (Å²) in [5, 5.41) is 0. The van der Waals surface area contributed by atoms with Gasteiger partial charge < -0.3 is 9.64 Å². The zero-order chi connectivity index (χ0) is 19.1. The number of fused-ring (bicyclic) bond motifs is 1. The molecule has 2 fully saturated rings. The minimum Gasteiger partial charge on any atom is -0.476 e. The summed E-state index contributed by atoms with van der Waals surface area (Å²) in [4.78, 5) is 7.04. The standard InChI is InChI=1S/C20H31N3O3S/c1-16(2)23-14-20(9-12-22(13-10-20)17-6-3-4-7-17)15-26-19-18(27(23,24)25)8-5-11-21-19/h5,8,11,16-17H,3-4,6-7,9-10,12-15H2,1-2H3. The highest BCUT2D eigenvalue weighted by molar-refractivity contribution is 7.89. The Labute approximate surface area is 163 Å². The summed E-state index contributed by atoms with van der Waals surface area (Å²) >= 11 is 0. The van der Waals surface area contributed by atoms with E-state index in [1.54, 1.807) is 22.6 Å². The second kappa shape index (κ2) is 7.33. The van der Waals surface area contributed by atoms with Crippen molar-refractivity contribution in [2.45, 2.75) is 69.4 Å². The third-order valence-electron chi connectivity index (χ3n) is 6.60. The molecule has 0 atom stereocenters. The van der Waals surface area contributed by atoms with Crippen molar-refractivity contribution in [3.63, 3.8) is 0 Å². The van der Waals surface area contributed by atoms with E-state index in [4.69, 9.17) is 4.74 Å². The van der Waals surface area contributed by atoms with Crippen LogP contribution >= 0.6 is 0 Å². The molecule has 0 N–H and O–H groups in total. The van der Waals surface area contributed by atoms with Crippen molar-refractivity contribution in [1.82, 2.24) is 14.2 Å². The number of hydrogen-bond acceptors (Lipinski definition) is 5. The molecule has 0 bridgehead atoms. The number of pyridine rings is 1. The normalized spacial score (nSPS) is 26.5. The lowest BCUT2D eigenvalue weighted by Crippen LogP contribution is -2.54. The van der Waals surface area contributed by atoms with Crippen molar-refractivity contribution < 1.29 is 13.2 Å². The van der Waals surface area contributed by atoms with Gasteiger partial charge >= 0.3 is 0 Å². The fourth-order valence-corrected chi connectivity index (χ4v) is 6.72. The molecule has 1 aromatic rings. The predicted molar refractivity (Wildman–Crippen MR) is 104 cm³/mol. The Morgan fingerprint density at radius 1 is 1.22 bits per heavy atom. The quantitative estimate of drug-likeness (QED) is 0.773. The molecular formula is C20H31N3O3S. The Balaban J connectivity index is 1.61. The van der Waals surface area contributed by atoms with Crippen LogP contribution in [0.25, 0.3) is 0 Å². The van der Waals surface area contributed by atoms with Gasteiger partial charge in [-0.25, -0.2) is 13.4 Å². The maximum atomic E-state index is 13.3. The van der Waals surface area contributed by atoms with Gasteiger partial charge in [0.1, 0.15) is 4.90 Å². The number of nitrogens with zero attached hydrogens (tertiary/aromatic N) is 3. The highest BCUT2D eigenvalue weighted by atomic mass is 32.2. The molecule has 27 heavy (non-hydrogen) atoms. The number of rotatable bonds is 2.